The van der Waals surface area contributed by atoms with Crippen LogP contribution in [-0.2, 0) is 0 Å². The fourth-order valence-electron chi connectivity index (χ4n) is 9.21. The van der Waals surface area contributed by atoms with Crippen molar-refractivity contribution >= 4 is 54.9 Å². The monoisotopic (exact) mass is 695 g/mol. The molecule has 6 aromatic carbocycles. The standard InChI is InChI=1S/C51H37NS/c1-3-11-33(12-4-1)34-19-21-35(22-20-34)51-41-27-25-36(29-38(41)23-24-39-31-50-46(32-44(39)51)43-16-8-10-18-49(43)53-50)37-26-28-48-45(30-37)42-15-7-9-17-47(42)52(48)40-13-5-2-6-14-40/h1-5,7-13,15-29,31-32,45,51H,6,14,30H2. The van der Waals surface area contributed by atoms with E-state index in [-0.39, 0.29) is 5.92 Å². The highest BCUT2D eigenvalue weighted by Gasteiger charge is 2.37. The topological polar surface area (TPSA) is 3.24 Å². The van der Waals surface area contributed by atoms with E-state index in [1.807, 2.05) is 11.3 Å². The van der Waals surface area contributed by atoms with Crippen LogP contribution in [0.1, 0.15) is 70.0 Å². The molecule has 1 aromatic heterocycles. The van der Waals surface area contributed by atoms with Gasteiger partial charge in [-0.25, -0.2) is 0 Å². The lowest BCUT2D eigenvalue weighted by atomic mass is 9.80. The van der Waals surface area contributed by atoms with E-state index >= 15 is 0 Å². The molecule has 4 aliphatic rings. The molecule has 1 aliphatic heterocycles. The Labute approximate surface area is 314 Å². The molecule has 11 rings (SSSR count). The smallest absolute Gasteiger partial charge is 0.0494 e. The summed E-state index contributed by atoms with van der Waals surface area (Å²) in [6, 6.07) is 50.1. The van der Waals surface area contributed by atoms with E-state index in [1.54, 1.807) is 0 Å². The first-order chi connectivity index (χ1) is 26.3. The molecule has 3 aliphatic carbocycles. The minimum absolute atomic E-state index is 0.108. The van der Waals surface area contributed by atoms with Crippen LogP contribution in [0.3, 0.4) is 0 Å². The van der Waals surface area contributed by atoms with Gasteiger partial charge in [-0.1, -0.05) is 134 Å². The quantitative estimate of drug-likeness (QED) is 0.177. The van der Waals surface area contributed by atoms with E-state index in [4.69, 9.17) is 0 Å². The van der Waals surface area contributed by atoms with Gasteiger partial charge in [-0.05, 0) is 117 Å². The number of thiophene rings is 1. The van der Waals surface area contributed by atoms with Crippen molar-refractivity contribution in [2.75, 3.05) is 4.90 Å². The first kappa shape index (κ1) is 30.6. The molecule has 0 amide bonds. The fraction of sp³-hybridized carbons (Fsp3) is 0.0980. The Balaban J connectivity index is 1.03. The average Bonchev–Trinajstić information content (AvgIpc) is 3.70. The zero-order chi connectivity index (χ0) is 34.9. The molecule has 53 heavy (non-hydrogen) atoms. The molecule has 0 radical (unpaired) electrons. The van der Waals surface area contributed by atoms with E-state index in [9.17, 15) is 0 Å². The van der Waals surface area contributed by atoms with Crippen molar-refractivity contribution in [2.45, 2.75) is 31.1 Å². The zero-order valence-electron chi connectivity index (χ0n) is 29.4. The van der Waals surface area contributed by atoms with Gasteiger partial charge in [0.2, 0.25) is 0 Å². The van der Waals surface area contributed by atoms with Crippen LogP contribution in [0.4, 0.5) is 5.69 Å². The third kappa shape index (κ3) is 5.05. The van der Waals surface area contributed by atoms with Crippen LogP contribution in [-0.4, -0.2) is 0 Å². The van der Waals surface area contributed by atoms with Crippen LogP contribution >= 0.6 is 11.3 Å². The molecule has 2 heteroatoms. The van der Waals surface area contributed by atoms with Gasteiger partial charge in [0, 0.05) is 49.1 Å². The molecule has 0 spiro atoms. The number of fused-ring (bicyclic) bond motifs is 8. The molecule has 2 heterocycles. The number of rotatable bonds is 4. The minimum atomic E-state index is 0.108. The largest absolute Gasteiger partial charge is 0.317 e. The Morgan fingerprint density at radius 3 is 2.21 bits per heavy atom. The number of para-hydroxylation sites is 1. The van der Waals surface area contributed by atoms with Crippen molar-refractivity contribution in [3.63, 3.8) is 0 Å². The van der Waals surface area contributed by atoms with Crippen molar-refractivity contribution < 1.29 is 0 Å². The second-order valence-electron chi connectivity index (χ2n) is 14.7. The van der Waals surface area contributed by atoms with Gasteiger partial charge in [0.05, 0.1) is 0 Å². The van der Waals surface area contributed by atoms with Gasteiger partial charge in [-0.2, -0.15) is 0 Å². The number of hydrogen-bond donors (Lipinski definition) is 0. The highest BCUT2D eigenvalue weighted by molar-refractivity contribution is 7.25. The van der Waals surface area contributed by atoms with Crippen molar-refractivity contribution in [2.24, 2.45) is 0 Å². The summed E-state index contributed by atoms with van der Waals surface area (Å²) in [4.78, 5) is 2.54. The summed E-state index contributed by atoms with van der Waals surface area (Å²) >= 11 is 1.90. The van der Waals surface area contributed by atoms with E-state index in [0.717, 1.165) is 19.3 Å². The summed E-state index contributed by atoms with van der Waals surface area (Å²) < 4.78 is 2.69. The Kier molecular flexibility index (Phi) is 7.13. The first-order valence-electron chi connectivity index (χ1n) is 18.9. The van der Waals surface area contributed by atoms with Gasteiger partial charge in [0.15, 0.2) is 0 Å². The maximum Gasteiger partial charge on any atom is 0.0494 e. The van der Waals surface area contributed by atoms with Crippen LogP contribution in [0.2, 0.25) is 0 Å². The van der Waals surface area contributed by atoms with Gasteiger partial charge in [0.25, 0.3) is 0 Å². The molecular formula is C51H37NS. The lowest BCUT2D eigenvalue weighted by Gasteiger charge is -2.29. The second kappa shape index (κ2) is 12.3. The Morgan fingerprint density at radius 1 is 0.566 bits per heavy atom. The summed E-state index contributed by atoms with van der Waals surface area (Å²) in [5, 5.41) is 2.70. The van der Waals surface area contributed by atoms with Crippen molar-refractivity contribution in [3.8, 4) is 11.1 Å². The first-order valence-corrected chi connectivity index (χ1v) is 19.7. The number of benzene rings is 6. The van der Waals surface area contributed by atoms with Crippen molar-refractivity contribution in [1.82, 2.24) is 0 Å². The maximum atomic E-state index is 2.54. The van der Waals surface area contributed by atoms with E-state index in [2.05, 4.69) is 181 Å². The molecule has 0 N–H and O–H groups in total. The van der Waals surface area contributed by atoms with E-state index in [0.29, 0.717) is 5.92 Å². The van der Waals surface area contributed by atoms with Crippen LogP contribution in [0.15, 0.2) is 175 Å². The molecule has 0 saturated carbocycles. The summed E-state index contributed by atoms with van der Waals surface area (Å²) in [5.41, 5.74) is 17.5. The highest BCUT2D eigenvalue weighted by Crippen LogP contribution is 2.52. The highest BCUT2D eigenvalue weighted by atomic mass is 32.1. The minimum Gasteiger partial charge on any atom is -0.317 e. The predicted molar refractivity (Wildman–Crippen MR) is 226 cm³/mol. The maximum absolute atomic E-state index is 2.54. The summed E-state index contributed by atoms with van der Waals surface area (Å²) in [5.74, 6) is 0.465. The predicted octanol–water partition coefficient (Wildman–Crippen LogP) is 13.9. The Hall–Kier alpha value is -5.96. The van der Waals surface area contributed by atoms with Crippen LogP contribution < -0.4 is 4.90 Å². The van der Waals surface area contributed by atoms with Crippen LogP contribution in [0.5, 0.6) is 0 Å². The normalized spacial score (nSPS) is 18.5. The van der Waals surface area contributed by atoms with Crippen LogP contribution in [0.25, 0.3) is 49.0 Å². The molecule has 2 unspecified atom stereocenters. The van der Waals surface area contributed by atoms with Gasteiger partial charge in [-0.3, -0.25) is 0 Å². The fourth-order valence-corrected chi connectivity index (χ4v) is 10.4. The molecule has 2 atom stereocenters. The van der Waals surface area contributed by atoms with Crippen LogP contribution in [0, 0.1) is 0 Å². The van der Waals surface area contributed by atoms with Gasteiger partial charge >= 0.3 is 0 Å². The lowest BCUT2D eigenvalue weighted by molar-refractivity contribution is 0.805. The van der Waals surface area contributed by atoms with Gasteiger partial charge in [0.1, 0.15) is 0 Å². The summed E-state index contributed by atoms with van der Waals surface area (Å²) in [7, 11) is 0. The number of anilines is 1. The van der Waals surface area contributed by atoms with Gasteiger partial charge < -0.3 is 4.90 Å². The second-order valence-corrected chi connectivity index (χ2v) is 15.8. The lowest BCUT2D eigenvalue weighted by Crippen LogP contribution is -2.21. The molecule has 7 aromatic rings. The zero-order valence-corrected chi connectivity index (χ0v) is 30.2. The van der Waals surface area contributed by atoms with E-state index < -0.39 is 0 Å². The molecule has 1 nitrogen and oxygen atoms in total. The summed E-state index contributed by atoms with van der Waals surface area (Å²) in [6.07, 6.45) is 19.5. The Morgan fingerprint density at radius 2 is 1.34 bits per heavy atom. The molecule has 0 saturated heterocycles. The van der Waals surface area contributed by atoms with Gasteiger partial charge in [-0.15, -0.1) is 11.3 Å². The summed E-state index contributed by atoms with van der Waals surface area (Å²) in [6.45, 7) is 0. The molecule has 0 fully saturated rings. The molecule has 0 bridgehead atoms. The third-order valence-electron chi connectivity index (χ3n) is 11.8. The third-order valence-corrected chi connectivity index (χ3v) is 12.9. The van der Waals surface area contributed by atoms with E-state index in [1.165, 1.54) is 92.9 Å². The van der Waals surface area contributed by atoms with Crippen molar-refractivity contribution in [1.29, 1.82) is 0 Å². The molecule has 252 valence electrons. The van der Waals surface area contributed by atoms with Crippen molar-refractivity contribution in [3.05, 3.63) is 214 Å². The Bertz CT molecular complexity index is 2750. The number of allylic oxidation sites excluding steroid dienone is 8. The number of hydrogen-bond acceptors (Lipinski definition) is 2. The molecular weight excluding hydrogens is 659 g/mol. The SMILES string of the molecule is C1=CCCC(N2C3=CC=C(c4ccc5c(c4)C=Cc4cc6sc7ccccc7c6cc4C5c4ccc(-c5ccccc5)cc4)CC3c3ccccc32)=C1. The number of nitrogens with zero attached hydrogens (tertiary/aromatic N) is 1. The average molecular weight is 696 g/mol.